The molecule has 0 radical (unpaired) electrons. The van der Waals surface area contributed by atoms with Gasteiger partial charge in [-0.1, -0.05) is 6.92 Å². The van der Waals surface area contributed by atoms with Crippen LogP contribution in [0.3, 0.4) is 0 Å². The number of hydrogen-bond donors (Lipinski definition) is 2. The fourth-order valence-electron chi connectivity index (χ4n) is 1.14. The average Bonchev–Trinajstić information content (AvgIpc) is 2.16. The molecule has 0 fully saturated rings. The second kappa shape index (κ2) is 5.70. The second-order valence-electron chi connectivity index (χ2n) is 4.06. The molecule has 0 aromatic heterocycles. The van der Waals surface area contributed by atoms with Crippen molar-refractivity contribution in [3.8, 4) is 0 Å². The summed E-state index contributed by atoms with van der Waals surface area (Å²) >= 11 is 0. The smallest absolute Gasteiger partial charge is 0.330 e. The van der Waals surface area contributed by atoms with E-state index in [1.165, 1.54) is 7.11 Å². The van der Waals surface area contributed by atoms with E-state index in [0.29, 0.717) is 6.54 Å². The van der Waals surface area contributed by atoms with Gasteiger partial charge in [0.15, 0.2) is 0 Å². The summed E-state index contributed by atoms with van der Waals surface area (Å²) < 4.78 is 4.59. The molecular formula is C10H20N2O3. The Balaban J connectivity index is 4.33. The SMILES string of the molecule is CNCC(C)C(=O)NC(C)(C)C(=O)OC. The van der Waals surface area contributed by atoms with Gasteiger partial charge < -0.3 is 15.4 Å². The molecule has 2 N–H and O–H groups in total. The second-order valence-corrected chi connectivity index (χ2v) is 4.06. The van der Waals surface area contributed by atoms with Crippen molar-refractivity contribution < 1.29 is 14.3 Å². The van der Waals surface area contributed by atoms with Crippen LogP contribution < -0.4 is 10.6 Å². The molecule has 5 heteroatoms. The molecule has 0 heterocycles. The maximum Gasteiger partial charge on any atom is 0.330 e. The largest absolute Gasteiger partial charge is 0.467 e. The lowest BCUT2D eigenvalue weighted by Gasteiger charge is -2.24. The molecule has 1 atom stereocenters. The molecule has 0 aliphatic carbocycles. The first-order chi connectivity index (χ1) is 6.85. The van der Waals surface area contributed by atoms with Gasteiger partial charge in [-0.2, -0.15) is 0 Å². The van der Waals surface area contributed by atoms with Crippen LogP contribution in [0, 0.1) is 5.92 Å². The van der Waals surface area contributed by atoms with Crippen LogP contribution in [0.2, 0.25) is 0 Å². The predicted molar refractivity (Wildman–Crippen MR) is 57.3 cm³/mol. The summed E-state index contributed by atoms with van der Waals surface area (Å²) in [5.41, 5.74) is -0.978. The summed E-state index contributed by atoms with van der Waals surface area (Å²) in [5, 5.41) is 5.54. The zero-order valence-corrected chi connectivity index (χ0v) is 10.0. The minimum atomic E-state index is -0.978. The minimum Gasteiger partial charge on any atom is -0.467 e. The number of rotatable bonds is 5. The average molecular weight is 216 g/mol. The van der Waals surface area contributed by atoms with E-state index >= 15 is 0 Å². The Morgan fingerprint density at radius 2 is 1.93 bits per heavy atom. The highest BCUT2D eigenvalue weighted by atomic mass is 16.5. The standard InChI is InChI=1S/C10H20N2O3/c1-7(6-11-4)8(13)12-10(2,3)9(14)15-5/h7,11H,6H2,1-5H3,(H,12,13). The van der Waals surface area contributed by atoms with Gasteiger partial charge in [0.05, 0.1) is 7.11 Å². The van der Waals surface area contributed by atoms with Crippen molar-refractivity contribution in [2.75, 3.05) is 20.7 Å². The first-order valence-electron chi connectivity index (χ1n) is 4.90. The minimum absolute atomic E-state index is 0.167. The molecular weight excluding hydrogens is 196 g/mol. The number of amides is 1. The Morgan fingerprint density at radius 1 is 1.40 bits per heavy atom. The lowest BCUT2D eigenvalue weighted by molar-refractivity contribution is -0.149. The predicted octanol–water partition coefficient (Wildman–Crippen LogP) is -0.0903. The third-order valence-corrected chi connectivity index (χ3v) is 2.09. The summed E-state index contributed by atoms with van der Waals surface area (Å²) in [7, 11) is 3.07. The summed E-state index contributed by atoms with van der Waals surface area (Å²) in [6.07, 6.45) is 0. The van der Waals surface area contributed by atoms with E-state index in [2.05, 4.69) is 15.4 Å². The lowest BCUT2D eigenvalue weighted by Crippen LogP contribution is -2.52. The number of esters is 1. The monoisotopic (exact) mass is 216 g/mol. The molecule has 0 rings (SSSR count). The van der Waals surface area contributed by atoms with Crippen LogP contribution in [0.15, 0.2) is 0 Å². The van der Waals surface area contributed by atoms with Gasteiger partial charge in [0.25, 0.3) is 0 Å². The van der Waals surface area contributed by atoms with E-state index in [0.717, 1.165) is 0 Å². The van der Waals surface area contributed by atoms with Gasteiger partial charge in [-0.3, -0.25) is 4.79 Å². The number of hydrogen-bond acceptors (Lipinski definition) is 4. The van der Waals surface area contributed by atoms with E-state index in [9.17, 15) is 9.59 Å². The topological polar surface area (TPSA) is 67.4 Å². The molecule has 0 aliphatic heterocycles. The molecule has 0 saturated carbocycles. The van der Waals surface area contributed by atoms with Crippen molar-refractivity contribution in [2.24, 2.45) is 5.92 Å². The van der Waals surface area contributed by atoms with Crippen LogP contribution in [0.5, 0.6) is 0 Å². The van der Waals surface area contributed by atoms with E-state index in [-0.39, 0.29) is 11.8 Å². The fraction of sp³-hybridized carbons (Fsp3) is 0.800. The van der Waals surface area contributed by atoms with Crippen molar-refractivity contribution in [1.29, 1.82) is 0 Å². The number of nitrogens with one attached hydrogen (secondary N) is 2. The van der Waals surface area contributed by atoms with Crippen molar-refractivity contribution in [3.05, 3.63) is 0 Å². The fourth-order valence-corrected chi connectivity index (χ4v) is 1.14. The van der Waals surface area contributed by atoms with Gasteiger partial charge in [-0.25, -0.2) is 4.79 Å². The molecule has 1 unspecified atom stereocenters. The van der Waals surface area contributed by atoms with Crippen LogP contribution in [0.1, 0.15) is 20.8 Å². The summed E-state index contributed by atoms with van der Waals surface area (Å²) in [5.74, 6) is -0.800. The zero-order chi connectivity index (χ0) is 12.1. The van der Waals surface area contributed by atoms with Gasteiger partial charge in [0.1, 0.15) is 5.54 Å². The highest BCUT2D eigenvalue weighted by molar-refractivity contribution is 5.88. The van der Waals surface area contributed by atoms with Gasteiger partial charge in [-0.05, 0) is 20.9 Å². The summed E-state index contributed by atoms with van der Waals surface area (Å²) in [4.78, 5) is 22.9. The van der Waals surface area contributed by atoms with Gasteiger partial charge in [-0.15, -0.1) is 0 Å². The molecule has 0 bridgehead atoms. The molecule has 5 nitrogen and oxygen atoms in total. The van der Waals surface area contributed by atoms with Crippen molar-refractivity contribution in [2.45, 2.75) is 26.3 Å². The van der Waals surface area contributed by atoms with Crippen LogP contribution in [0.4, 0.5) is 0 Å². The highest BCUT2D eigenvalue weighted by Crippen LogP contribution is 2.06. The normalized spacial score (nSPS) is 13.1. The first-order valence-corrected chi connectivity index (χ1v) is 4.90. The Labute approximate surface area is 90.6 Å². The van der Waals surface area contributed by atoms with Crippen molar-refractivity contribution >= 4 is 11.9 Å². The maximum atomic E-state index is 11.6. The Kier molecular flexibility index (Phi) is 5.28. The summed E-state index contributed by atoms with van der Waals surface area (Å²) in [6.45, 7) is 5.59. The van der Waals surface area contributed by atoms with Gasteiger partial charge in [0, 0.05) is 12.5 Å². The lowest BCUT2D eigenvalue weighted by atomic mass is 10.0. The number of methoxy groups -OCH3 is 1. The van der Waals surface area contributed by atoms with E-state index < -0.39 is 11.5 Å². The van der Waals surface area contributed by atoms with Crippen LogP contribution in [0.25, 0.3) is 0 Å². The maximum absolute atomic E-state index is 11.6. The highest BCUT2D eigenvalue weighted by Gasteiger charge is 2.31. The van der Waals surface area contributed by atoms with E-state index in [1.807, 2.05) is 0 Å². The molecule has 0 aromatic rings. The Bertz CT molecular complexity index is 239. The number of carbonyl (C=O) groups is 2. The molecule has 0 aliphatic rings. The van der Waals surface area contributed by atoms with Crippen LogP contribution in [-0.2, 0) is 14.3 Å². The molecule has 15 heavy (non-hydrogen) atoms. The van der Waals surface area contributed by atoms with Gasteiger partial charge >= 0.3 is 5.97 Å². The molecule has 1 amide bonds. The Morgan fingerprint density at radius 3 is 2.33 bits per heavy atom. The molecule has 0 saturated heterocycles. The third-order valence-electron chi connectivity index (χ3n) is 2.09. The van der Waals surface area contributed by atoms with Crippen LogP contribution >= 0.6 is 0 Å². The summed E-state index contributed by atoms with van der Waals surface area (Å²) in [6, 6.07) is 0. The van der Waals surface area contributed by atoms with Crippen molar-refractivity contribution in [1.82, 2.24) is 10.6 Å². The molecule has 0 spiro atoms. The quantitative estimate of drug-likeness (QED) is 0.630. The molecule has 0 aromatic carbocycles. The van der Waals surface area contributed by atoms with Crippen LogP contribution in [-0.4, -0.2) is 38.1 Å². The van der Waals surface area contributed by atoms with Gasteiger partial charge in [0.2, 0.25) is 5.91 Å². The first kappa shape index (κ1) is 13.9. The van der Waals surface area contributed by atoms with Crippen molar-refractivity contribution in [3.63, 3.8) is 0 Å². The molecule has 88 valence electrons. The van der Waals surface area contributed by atoms with E-state index in [4.69, 9.17) is 0 Å². The van der Waals surface area contributed by atoms with E-state index in [1.54, 1.807) is 27.8 Å². The number of ether oxygens (including phenoxy) is 1. The Hall–Kier alpha value is -1.10. The number of carbonyl (C=O) groups excluding carboxylic acids is 2. The third kappa shape index (κ3) is 4.29. The zero-order valence-electron chi connectivity index (χ0n) is 10.0.